The lowest BCUT2D eigenvalue weighted by Crippen LogP contribution is -2.36. The third kappa shape index (κ3) is 3.87. The first-order valence-corrected chi connectivity index (χ1v) is 6.24. The van der Waals surface area contributed by atoms with Gasteiger partial charge in [-0.25, -0.2) is 0 Å². The van der Waals surface area contributed by atoms with Crippen LogP contribution in [0.4, 0.5) is 5.69 Å². The first-order chi connectivity index (χ1) is 8.58. The number of rotatable bonds is 5. The highest BCUT2D eigenvalue weighted by molar-refractivity contribution is 6.37. The van der Waals surface area contributed by atoms with E-state index in [9.17, 15) is 4.79 Å². The van der Waals surface area contributed by atoms with Gasteiger partial charge in [0.25, 0.3) is 0 Å². The zero-order valence-corrected chi connectivity index (χ0v) is 11.5. The van der Waals surface area contributed by atoms with E-state index in [4.69, 9.17) is 0 Å². The molecule has 0 heterocycles. The third-order valence-electron chi connectivity index (χ3n) is 2.69. The number of aryl methyl sites for hydroxylation is 1. The molecular formula is C14H21N3O. The summed E-state index contributed by atoms with van der Waals surface area (Å²) in [6.45, 7) is 9.11. The Kier molecular flexibility index (Phi) is 5.36. The van der Waals surface area contributed by atoms with E-state index in [0.717, 1.165) is 24.3 Å². The van der Waals surface area contributed by atoms with Gasteiger partial charge in [0.05, 0.1) is 5.69 Å². The van der Waals surface area contributed by atoms with Crippen molar-refractivity contribution >= 4 is 17.3 Å². The van der Waals surface area contributed by atoms with Gasteiger partial charge in [-0.1, -0.05) is 12.1 Å². The van der Waals surface area contributed by atoms with Crippen molar-refractivity contribution in [3.8, 4) is 0 Å². The summed E-state index contributed by atoms with van der Waals surface area (Å²) in [5.41, 5.74) is 4.99. The summed E-state index contributed by atoms with van der Waals surface area (Å²) in [4.78, 5) is 13.5. The second kappa shape index (κ2) is 6.79. The molecule has 1 N–H and O–H groups in total. The van der Waals surface area contributed by atoms with Gasteiger partial charge in [0.1, 0.15) is 0 Å². The van der Waals surface area contributed by atoms with Gasteiger partial charge in [-0.15, -0.1) is 0 Å². The third-order valence-corrected chi connectivity index (χ3v) is 2.69. The molecule has 0 saturated carbocycles. The summed E-state index contributed by atoms with van der Waals surface area (Å²) < 4.78 is 0. The normalized spacial score (nSPS) is 11.2. The summed E-state index contributed by atoms with van der Waals surface area (Å²) in [7, 11) is 0. The minimum absolute atomic E-state index is 0.0288. The molecule has 1 aromatic rings. The number of Topliss-reactive ketones (excluding diaryl/α,β-unsaturated/α-hetero) is 1. The fourth-order valence-electron chi connectivity index (χ4n) is 1.73. The Bertz CT molecular complexity index is 436. The van der Waals surface area contributed by atoms with Gasteiger partial charge in [-0.2, -0.15) is 5.10 Å². The number of carbonyl (C=O) groups is 1. The molecule has 98 valence electrons. The van der Waals surface area contributed by atoms with Gasteiger partial charge >= 0.3 is 0 Å². The number of carbonyl (C=O) groups excluding carboxylic acids is 1. The Hall–Kier alpha value is -1.84. The van der Waals surface area contributed by atoms with Crippen LogP contribution >= 0.6 is 0 Å². The number of nitrogens with zero attached hydrogens (tertiary/aromatic N) is 2. The molecule has 0 aliphatic carbocycles. The summed E-state index contributed by atoms with van der Waals surface area (Å²) in [6.07, 6.45) is 0. The van der Waals surface area contributed by atoms with Crippen molar-refractivity contribution in [2.75, 3.05) is 18.5 Å². The van der Waals surface area contributed by atoms with E-state index in [1.54, 1.807) is 0 Å². The molecule has 0 atom stereocenters. The summed E-state index contributed by atoms with van der Waals surface area (Å²) >= 11 is 0. The second-order valence-electron chi connectivity index (χ2n) is 4.15. The number of likely N-dealkylation sites (N-methyl/N-ethyl adjacent to an activating group) is 1. The van der Waals surface area contributed by atoms with Crippen molar-refractivity contribution in [2.45, 2.75) is 27.7 Å². The van der Waals surface area contributed by atoms with E-state index in [2.05, 4.69) is 10.5 Å². The second-order valence-corrected chi connectivity index (χ2v) is 4.15. The molecule has 0 unspecified atom stereocenters. The average Bonchev–Trinajstić information content (AvgIpc) is 2.34. The molecule has 1 aromatic carbocycles. The van der Waals surface area contributed by atoms with Gasteiger partial charge < -0.3 is 4.90 Å². The molecule has 0 aromatic heterocycles. The van der Waals surface area contributed by atoms with Crippen LogP contribution in [-0.4, -0.2) is 29.6 Å². The molecule has 1 rings (SSSR count). The van der Waals surface area contributed by atoms with E-state index in [1.807, 2.05) is 49.9 Å². The highest BCUT2D eigenvalue weighted by Crippen LogP contribution is 2.09. The van der Waals surface area contributed by atoms with Crippen LogP contribution in [0, 0.1) is 6.92 Å². The van der Waals surface area contributed by atoms with Crippen LogP contribution in [0.15, 0.2) is 29.4 Å². The maximum absolute atomic E-state index is 11.6. The number of hydrogen-bond donors (Lipinski definition) is 1. The topological polar surface area (TPSA) is 44.7 Å². The van der Waals surface area contributed by atoms with Crippen molar-refractivity contribution in [3.63, 3.8) is 0 Å². The SMILES string of the molecule is CCN(CC)C(=NNc1cccc(C)c1)C(C)=O. The Morgan fingerprint density at radius 3 is 2.50 bits per heavy atom. The number of anilines is 1. The molecule has 0 aliphatic rings. The lowest BCUT2D eigenvalue weighted by Gasteiger charge is -2.20. The molecule has 0 bridgehead atoms. The molecular weight excluding hydrogens is 226 g/mol. The maximum Gasteiger partial charge on any atom is 0.196 e. The van der Waals surface area contributed by atoms with Crippen LogP contribution in [0.5, 0.6) is 0 Å². The molecule has 0 fully saturated rings. The van der Waals surface area contributed by atoms with Crippen LogP contribution in [0.2, 0.25) is 0 Å². The van der Waals surface area contributed by atoms with Gasteiger partial charge in [0, 0.05) is 20.0 Å². The largest absolute Gasteiger partial charge is 0.353 e. The smallest absolute Gasteiger partial charge is 0.196 e. The van der Waals surface area contributed by atoms with Crippen molar-refractivity contribution in [3.05, 3.63) is 29.8 Å². The molecule has 0 aliphatic heterocycles. The quantitative estimate of drug-likeness (QED) is 0.494. The number of ketones is 1. The molecule has 4 nitrogen and oxygen atoms in total. The molecule has 4 heteroatoms. The lowest BCUT2D eigenvalue weighted by atomic mass is 10.2. The van der Waals surface area contributed by atoms with Gasteiger partial charge in [0.2, 0.25) is 0 Å². The monoisotopic (exact) mass is 247 g/mol. The van der Waals surface area contributed by atoms with E-state index in [-0.39, 0.29) is 5.78 Å². The predicted molar refractivity (Wildman–Crippen MR) is 75.8 cm³/mol. The average molecular weight is 247 g/mol. The summed E-state index contributed by atoms with van der Waals surface area (Å²) in [5, 5.41) is 4.22. The van der Waals surface area contributed by atoms with Crippen LogP contribution in [-0.2, 0) is 4.79 Å². The van der Waals surface area contributed by atoms with Crippen molar-refractivity contribution in [1.29, 1.82) is 0 Å². The minimum Gasteiger partial charge on any atom is -0.353 e. The Morgan fingerprint density at radius 2 is 2.00 bits per heavy atom. The number of amidine groups is 1. The molecule has 0 saturated heterocycles. The Balaban J connectivity index is 2.87. The van der Waals surface area contributed by atoms with Gasteiger partial charge in [0.15, 0.2) is 11.6 Å². The molecule has 0 amide bonds. The number of hydrogen-bond acceptors (Lipinski definition) is 3. The lowest BCUT2D eigenvalue weighted by molar-refractivity contribution is -0.111. The summed E-state index contributed by atoms with van der Waals surface area (Å²) in [6, 6.07) is 7.89. The van der Waals surface area contributed by atoms with Crippen LogP contribution in [0.25, 0.3) is 0 Å². The molecule has 18 heavy (non-hydrogen) atoms. The van der Waals surface area contributed by atoms with E-state index >= 15 is 0 Å². The molecule has 0 radical (unpaired) electrons. The first kappa shape index (κ1) is 14.2. The van der Waals surface area contributed by atoms with Crippen molar-refractivity contribution in [2.24, 2.45) is 5.10 Å². The maximum atomic E-state index is 11.6. The Labute approximate surface area is 109 Å². The minimum atomic E-state index is -0.0288. The van der Waals surface area contributed by atoms with E-state index in [1.165, 1.54) is 6.92 Å². The fraction of sp³-hybridized carbons (Fsp3) is 0.429. The van der Waals surface area contributed by atoms with Crippen LogP contribution in [0.1, 0.15) is 26.3 Å². The van der Waals surface area contributed by atoms with E-state index in [0.29, 0.717) is 5.84 Å². The van der Waals surface area contributed by atoms with Gasteiger partial charge in [-0.3, -0.25) is 10.2 Å². The van der Waals surface area contributed by atoms with Gasteiger partial charge in [-0.05, 0) is 38.5 Å². The highest BCUT2D eigenvalue weighted by atomic mass is 16.1. The number of hydrazone groups is 1. The zero-order valence-electron chi connectivity index (χ0n) is 11.5. The van der Waals surface area contributed by atoms with E-state index < -0.39 is 0 Å². The fourth-order valence-corrected chi connectivity index (χ4v) is 1.73. The standard InChI is InChI=1S/C14H21N3O/c1-5-17(6-2)14(12(4)18)16-15-13-9-7-8-11(3)10-13/h7-10,15H,5-6H2,1-4H3. The predicted octanol–water partition coefficient (Wildman–Crippen LogP) is 2.65. The zero-order chi connectivity index (χ0) is 13.5. The highest BCUT2D eigenvalue weighted by Gasteiger charge is 2.12. The summed E-state index contributed by atoms with van der Waals surface area (Å²) in [5.74, 6) is 0.445. The first-order valence-electron chi connectivity index (χ1n) is 6.24. The molecule has 0 spiro atoms. The Morgan fingerprint density at radius 1 is 1.33 bits per heavy atom. The van der Waals surface area contributed by atoms with Crippen molar-refractivity contribution in [1.82, 2.24) is 4.90 Å². The number of nitrogens with one attached hydrogen (secondary N) is 1. The van der Waals surface area contributed by atoms with Crippen molar-refractivity contribution < 1.29 is 4.79 Å². The number of benzene rings is 1. The van der Waals surface area contributed by atoms with Crippen LogP contribution in [0.3, 0.4) is 0 Å². The van der Waals surface area contributed by atoms with Crippen LogP contribution < -0.4 is 5.43 Å².